The summed E-state index contributed by atoms with van der Waals surface area (Å²) in [5.41, 5.74) is 4.63. The van der Waals surface area contributed by atoms with Crippen LogP contribution in [0.4, 0.5) is 5.69 Å². The zero-order valence-electron chi connectivity index (χ0n) is 12.9. The summed E-state index contributed by atoms with van der Waals surface area (Å²) in [7, 11) is 1.63. The van der Waals surface area contributed by atoms with Gasteiger partial charge < -0.3 is 4.74 Å². The number of tetrazole rings is 1. The molecule has 122 valence electrons. The van der Waals surface area contributed by atoms with Gasteiger partial charge in [-0.05, 0) is 59.0 Å². The molecular formula is C16H15ClN6O. The van der Waals surface area contributed by atoms with Gasteiger partial charge in [-0.25, -0.2) is 0 Å². The second kappa shape index (κ2) is 7.56. The molecule has 0 unspecified atom stereocenters. The molecular weight excluding hydrogens is 328 g/mol. The van der Waals surface area contributed by atoms with Gasteiger partial charge in [0.25, 0.3) is 0 Å². The number of hydrogen-bond donors (Lipinski definition) is 1. The molecule has 0 aliphatic carbocycles. The highest BCUT2D eigenvalue weighted by molar-refractivity contribution is 6.30. The monoisotopic (exact) mass is 342 g/mol. The Bertz CT molecular complexity index is 813. The highest BCUT2D eigenvalue weighted by Gasteiger charge is 2.07. The van der Waals surface area contributed by atoms with Crippen LogP contribution in [0.3, 0.4) is 0 Å². The van der Waals surface area contributed by atoms with Crippen LogP contribution in [0.25, 0.3) is 5.69 Å². The number of nitrogens with one attached hydrogen (secondary N) is 1. The molecule has 1 heterocycles. The molecule has 0 spiro atoms. The number of rotatable bonds is 6. The normalized spacial score (nSPS) is 10.9. The second-order valence-electron chi connectivity index (χ2n) is 4.84. The summed E-state index contributed by atoms with van der Waals surface area (Å²) >= 11 is 5.84. The van der Waals surface area contributed by atoms with Crippen LogP contribution in [-0.2, 0) is 6.42 Å². The van der Waals surface area contributed by atoms with Crippen LogP contribution in [0, 0.1) is 0 Å². The Balaban J connectivity index is 1.64. The second-order valence-corrected chi connectivity index (χ2v) is 5.28. The smallest absolute Gasteiger partial charge is 0.162 e. The van der Waals surface area contributed by atoms with Crippen molar-refractivity contribution in [2.24, 2.45) is 5.10 Å². The van der Waals surface area contributed by atoms with E-state index in [9.17, 15) is 0 Å². The number of aromatic nitrogens is 4. The van der Waals surface area contributed by atoms with E-state index >= 15 is 0 Å². The Morgan fingerprint density at radius 3 is 2.62 bits per heavy atom. The molecule has 8 heteroatoms. The maximum absolute atomic E-state index is 5.84. The largest absolute Gasteiger partial charge is 0.497 e. The third-order valence-corrected chi connectivity index (χ3v) is 3.51. The van der Waals surface area contributed by atoms with Gasteiger partial charge in [0.15, 0.2) is 5.82 Å². The van der Waals surface area contributed by atoms with Gasteiger partial charge >= 0.3 is 0 Å². The van der Waals surface area contributed by atoms with E-state index < -0.39 is 0 Å². The molecule has 0 aliphatic rings. The number of benzene rings is 2. The van der Waals surface area contributed by atoms with Crippen molar-refractivity contribution in [2.75, 3.05) is 12.5 Å². The van der Waals surface area contributed by atoms with Crippen molar-refractivity contribution in [3.63, 3.8) is 0 Å². The van der Waals surface area contributed by atoms with E-state index in [0.29, 0.717) is 17.3 Å². The van der Waals surface area contributed by atoms with Gasteiger partial charge in [0.1, 0.15) is 5.75 Å². The van der Waals surface area contributed by atoms with E-state index in [1.54, 1.807) is 30.1 Å². The Morgan fingerprint density at radius 2 is 1.92 bits per heavy atom. The lowest BCUT2D eigenvalue weighted by atomic mass is 10.3. The zero-order chi connectivity index (χ0) is 16.8. The summed E-state index contributed by atoms with van der Waals surface area (Å²) in [5, 5.41) is 16.6. The van der Waals surface area contributed by atoms with Crippen LogP contribution < -0.4 is 10.2 Å². The first kappa shape index (κ1) is 15.9. The summed E-state index contributed by atoms with van der Waals surface area (Å²) in [4.78, 5) is 0. The third-order valence-electron chi connectivity index (χ3n) is 3.25. The topological polar surface area (TPSA) is 77.2 Å². The van der Waals surface area contributed by atoms with Crippen molar-refractivity contribution < 1.29 is 4.74 Å². The summed E-state index contributed by atoms with van der Waals surface area (Å²) in [6, 6.07) is 14.8. The zero-order valence-corrected chi connectivity index (χ0v) is 13.7. The predicted octanol–water partition coefficient (Wildman–Crippen LogP) is 2.96. The molecule has 0 atom stereocenters. The first-order chi connectivity index (χ1) is 11.8. The number of ether oxygens (including phenoxy) is 1. The summed E-state index contributed by atoms with van der Waals surface area (Å²) < 4.78 is 6.81. The van der Waals surface area contributed by atoms with Gasteiger partial charge in [-0.2, -0.15) is 9.78 Å². The van der Waals surface area contributed by atoms with Crippen LogP contribution in [-0.4, -0.2) is 33.5 Å². The van der Waals surface area contributed by atoms with Crippen LogP contribution in [0.5, 0.6) is 5.75 Å². The van der Waals surface area contributed by atoms with Gasteiger partial charge in [0.2, 0.25) is 0 Å². The van der Waals surface area contributed by atoms with Crippen LogP contribution >= 0.6 is 11.6 Å². The maximum atomic E-state index is 5.84. The Hall–Kier alpha value is -2.93. The van der Waals surface area contributed by atoms with Gasteiger partial charge in [-0.15, -0.1) is 5.10 Å². The molecule has 2 aromatic carbocycles. The number of anilines is 1. The van der Waals surface area contributed by atoms with Crippen LogP contribution in [0.2, 0.25) is 5.02 Å². The van der Waals surface area contributed by atoms with Crippen molar-refractivity contribution >= 4 is 23.5 Å². The molecule has 3 aromatic rings. The molecule has 0 radical (unpaired) electrons. The first-order valence-electron chi connectivity index (χ1n) is 7.21. The average Bonchev–Trinajstić information content (AvgIpc) is 3.09. The SMILES string of the molecule is COc1ccc(-n2nnnc2C/C=N\Nc2ccc(Cl)cc2)cc1. The van der Waals surface area contributed by atoms with E-state index in [4.69, 9.17) is 16.3 Å². The molecule has 0 saturated heterocycles. The van der Waals surface area contributed by atoms with Crippen molar-refractivity contribution in [1.29, 1.82) is 0 Å². The Labute approximate surface area is 143 Å². The van der Waals surface area contributed by atoms with E-state index in [0.717, 1.165) is 17.1 Å². The van der Waals surface area contributed by atoms with E-state index in [-0.39, 0.29) is 0 Å². The van der Waals surface area contributed by atoms with E-state index in [1.807, 2.05) is 36.4 Å². The minimum atomic E-state index is 0.486. The molecule has 24 heavy (non-hydrogen) atoms. The highest BCUT2D eigenvalue weighted by Crippen LogP contribution is 2.15. The van der Waals surface area contributed by atoms with Crippen molar-refractivity contribution in [2.45, 2.75) is 6.42 Å². The standard InChI is InChI=1S/C16H15ClN6O/c1-24-15-8-6-14(7-9-15)23-16(20-21-22-23)10-11-18-19-13-4-2-12(17)3-5-13/h2-9,11,19H,10H2,1H3/b18-11-. The first-order valence-corrected chi connectivity index (χ1v) is 7.59. The quantitative estimate of drug-likeness (QED) is 0.550. The molecule has 3 rings (SSSR count). The van der Waals surface area contributed by atoms with Crippen molar-refractivity contribution in [3.05, 3.63) is 59.4 Å². The molecule has 0 aliphatic heterocycles. The minimum Gasteiger partial charge on any atom is -0.497 e. The average molecular weight is 343 g/mol. The van der Waals surface area contributed by atoms with Crippen LogP contribution in [0.15, 0.2) is 53.6 Å². The van der Waals surface area contributed by atoms with Crippen LogP contribution in [0.1, 0.15) is 5.82 Å². The number of hydrogen-bond acceptors (Lipinski definition) is 6. The molecule has 0 fully saturated rings. The summed E-state index contributed by atoms with van der Waals surface area (Å²) in [6.07, 6.45) is 2.19. The summed E-state index contributed by atoms with van der Waals surface area (Å²) in [5.74, 6) is 1.46. The Morgan fingerprint density at radius 1 is 1.17 bits per heavy atom. The third kappa shape index (κ3) is 3.88. The predicted molar refractivity (Wildman–Crippen MR) is 93.0 cm³/mol. The fraction of sp³-hybridized carbons (Fsp3) is 0.125. The van der Waals surface area contributed by atoms with Gasteiger partial charge in [-0.3, -0.25) is 5.43 Å². The molecule has 7 nitrogen and oxygen atoms in total. The fourth-order valence-electron chi connectivity index (χ4n) is 2.03. The van der Waals surface area contributed by atoms with Crippen molar-refractivity contribution in [3.8, 4) is 11.4 Å². The van der Waals surface area contributed by atoms with Crippen molar-refractivity contribution in [1.82, 2.24) is 20.2 Å². The van der Waals surface area contributed by atoms with Gasteiger partial charge in [0.05, 0.1) is 18.5 Å². The minimum absolute atomic E-state index is 0.486. The van der Waals surface area contributed by atoms with Gasteiger partial charge in [-0.1, -0.05) is 11.6 Å². The molecule has 0 saturated carbocycles. The Kier molecular flexibility index (Phi) is 5.02. The van der Waals surface area contributed by atoms with Gasteiger partial charge in [0, 0.05) is 17.7 Å². The summed E-state index contributed by atoms with van der Waals surface area (Å²) in [6.45, 7) is 0. The molecule has 0 bridgehead atoms. The number of nitrogens with zero attached hydrogens (tertiary/aromatic N) is 5. The highest BCUT2D eigenvalue weighted by atomic mass is 35.5. The number of hydrazone groups is 1. The number of methoxy groups -OCH3 is 1. The lowest BCUT2D eigenvalue weighted by Crippen LogP contribution is -2.04. The molecule has 1 aromatic heterocycles. The van der Waals surface area contributed by atoms with E-state index in [2.05, 4.69) is 26.1 Å². The lowest BCUT2D eigenvalue weighted by molar-refractivity contribution is 0.414. The molecule has 1 N–H and O–H groups in total. The maximum Gasteiger partial charge on any atom is 0.162 e. The fourth-order valence-corrected chi connectivity index (χ4v) is 2.15. The van der Waals surface area contributed by atoms with E-state index in [1.165, 1.54) is 0 Å². The molecule has 0 amide bonds. The number of halogens is 1. The lowest BCUT2D eigenvalue weighted by Gasteiger charge is -2.04.